The Kier molecular flexibility index (Phi) is 7.68. The molecule has 3 nitrogen and oxygen atoms in total. The summed E-state index contributed by atoms with van der Waals surface area (Å²) in [6.07, 6.45) is 5.00. The Balaban J connectivity index is 0.000000176. The molecule has 0 aromatic heterocycles. The third-order valence-corrected chi connectivity index (χ3v) is 7.18. The highest BCUT2D eigenvalue weighted by atomic mass is 35.6. The fourth-order valence-corrected chi connectivity index (χ4v) is 5.26. The van der Waals surface area contributed by atoms with Crippen molar-refractivity contribution in [3.63, 3.8) is 0 Å². The highest BCUT2D eigenvalue weighted by Crippen LogP contribution is 2.46. The van der Waals surface area contributed by atoms with Gasteiger partial charge in [-0.2, -0.15) is 0 Å². The van der Waals surface area contributed by atoms with Gasteiger partial charge in [0.1, 0.15) is 0 Å². The smallest absolute Gasteiger partial charge is 0.256 e. The second kappa shape index (κ2) is 9.74. The van der Waals surface area contributed by atoms with Gasteiger partial charge in [-0.25, -0.2) is 4.31 Å². The van der Waals surface area contributed by atoms with E-state index in [0.717, 1.165) is 4.31 Å². The number of nitrogens with zero attached hydrogens (tertiary/aromatic N) is 1. The molecule has 0 aromatic carbocycles. The first kappa shape index (κ1) is 24.4. The van der Waals surface area contributed by atoms with Crippen LogP contribution in [0, 0.1) is 25.7 Å². The molecule has 1 heterocycles. The van der Waals surface area contributed by atoms with Crippen molar-refractivity contribution in [2.24, 2.45) is 11.8 Å². The number of hydrogen-bond acceptors (Lipinski definition) is 3. The SMILES string of the molecule is Cc1ccc(C(C)C)cc2c(C)ccc1-2.O=C1C2CC=CCC2C(=O)N1SC(Cl)(Cl)Cl. The second-order valence-electron chi connectivity index (χ2n) is 8.32. The van der Waals surface area contributed by atoms with E-state index in [4.69, 9.17) is 34.8 Å². The molecule has 3 aliphatic carbocycles. The molecule has 1 saturated heterocycles. The molecule has 4 rings (SSSR count). The first-order valence-corrected chi connectivity index (χ1v) is 12.2. The van der Waals surface area contributed by atoms with Crippen LogP contribution in [-0.2, 0) is 9.59 Å². The number of aryl methyl sites for hydroxylation is 2. The number of fused-ring (bicyclic) bond motifs is 2. The lowest BCUT2D eigenvalue weighted by molar-refractivity contribution is -0.133. The number of amides is 2. The van der Waals surface area contributed by atoms with Crippen LogP contribution >= 0.6 is 46.8 Å². The van der Waals surface area contributed by atoms with E-state index in [2.05, 4.69) is 58.0 Å². The summed E-state index contributed by atoms with van der Waals surface area (Å²) in [7, 11) is 0. The molecule has 0 saturated carbocycles. The van der Waals surface area contributed by atoms with Crippen LogP contribution in [0.4, 0.5) is 0 Å². The summed E-state index contributed by atoms with van der Waals surface area (Å²) in [5.74, 6) is -0.477. The van der Waals surface area contributed by atoms with Crippen molar-refractivity contribution in [1.29, 1.82) is 0 Å². The number of carbonyl (C=O) groups is 2. The molecule has 1 aliphatic heterocycles. The Labute approximate surface area is 203 Å². The molecule has 166 valence electrons. The number of carbonyl (C=O) groups excluding carboxylic acids is 2. The molecule has 0 aromatic rings. The van der Waals surface area contributed by atoms with Gasteiger partial charge in [0.25, 0.3) is 3.12 Å². The molecule has 0 N–H and O–H groups in total. The van der Waals surface area contributed by atoms with Crippen molar-refractivity contribution in [3.8, 4) is 11.1 Å². The number of alkyl halides is 3. The zero-order valence-electron chi connectivity index (χ0n) is 18.0. The van der Waals surface area contributed by atoms with Gasteiger partial charge >= 0.3 is 0 Å². The molecule has 0 radical (unpaired) electrons. The Hall–Kier alpha value is -1.20. The topological polar surface area (TPSA) is 37.4 Å². The minimum atomic E-state index is -1.69. The molecule has 0 spiro atoms. The largest absolute Gasteiger partial charge is 0.273 e. The van der Waals surface area contributed by atoms with E-state index in [0.29, 0.717) is 30.7 Å². The Bertz CT molecular complexity index is 957. The monoisotopic (exact) mass is 497 g/mol. The minimum absolute atomic E-state index is 0.254. The molecule has 31 heavy (non-hydrogen) atoms. The van der Waals surface area contributed by atoms with Gasteiger partial charge in [-0.1, -0.05) is 91.1 Å². The standard InChI is InChI=1S/C15H18.C9H8Cl3NO2S/c1-10(2)13-7-5-11(3)14-8-6-12(4)15(14)9-13;10-9(11,12)16-13-7(14)5-3-1-2-4-6(5)8(13)15/h5-10H,1-4H3;1-2,5-6H,3-4H2. The maximum atomic E-state index is 11.9. The van der Waals surface area contributed by atoms with Gasteiger partial charge in [0.2, 0.25) is 11.8 Å². The van der Waals surface area contributed by atoms with Gasteiger partial charge in [-0.3, -0.25) is 9.59 Å². The van der Waals surface area contributed by atoms with Gasteiger partial charge in [-0.05, 0) is 60.4 Å². The van der Waals surface area contributed by atoms with Gasteiger partial charge in [-0.15, -0.1) is 0 Å². The summed E-state index contributed by atoms with van der Waals surface area (Å²) in [4.78, 5) is 23.8. The van der Waals surface area contributed by atoms with Crippen LogP contribution in [0.3, 0.4) is 0 Å². The van der Waals surface area contributed by atoms with Crippen molar-refractivity contribution in [2.75, 3.05) is 0 Å². The fourth-order valence-electron chi connectivity index (χ4n) is 3.98. The first-order chi connectivity index (χ1) is 14.5. The van der Waals surface area contributed by atoms with Crippen molar-refractivity contribution < 1.29 is 9.59 Å². The van der Waals surface area contributed by atoms with E-state index in [1.807, 2.05) is 12.2 Å². The lowest BCUT2D eigenvalue weighted by atomic mass is 9.85. The molecule has 7 heteroatoms. The lowest BCUT2D eigenvalue weighted by Crippen LogP contribution is -2.26. The Morgan fingerprint density at radius 2 is 1.42 bits per heavy atom. The van der Waals surface area contributed by atoms with Crippen LogP contribution in [0.25, 0.3) is 11.1 Å². The summed E-state index contributed by atoms with van der Waals surface area (Å²) in [5.41, 5.74) is 6.96. The molecule has 2 amide bonds. The van der Waals surface area contributed by atoms with Gasteiger partial charge < -0.3 is 0 Å². The number of hydrogen-bond donors (Lipinski definition) is 0. The summed E-state index contributed by atoms with van der Waals surface area (Å²) in [6.45, 7) is 8.86. The van der Waals surface area contributed by atoms with Crippen LogP contribution < -0.4 is 0 Å². The summed E-state index contributed by atoms with van der Waals surface area (Å²) in [6, 6.07) is 11.3. The third kappa shape index (κ3) is 5.60. The average molecular weight is 499 g/mol. The van der Waals surface area contributed by atoms with Crippen LogP contribution in [-0.4, -0.2) is 19.2 Å². The molecular formula is C24H26Cl3NO2S. The van der Waals surface area contributed by atoms with Crippen LogP contribution in [0.2, 0.25) is 0 Å². The average Bonchev–Trinajstić information content (AvgIpc) is 3.10. The predicted molar refractivity (Wildman–Crippen MR) is 132 cm³/mol. The summed E-state index contributed by atoms with van der Waals surface area (Å²) >= 11 is 17.4. The van der Waals surface area contributed by atoms with Crippen molar-refractivity contribution in [1.82, 2.24) is 4.31 Å². The minimum Gasteiger partial charge on any atom is -0.273 e. The Morgan fingerprint density at radius 3 is 1.94 bits per heavy atom. The van der Waals surface area contributed by atoms with E-state index in [-0.39, 0.29) is 23.7 Å². The van der Waals surface area contributed by atoms with Gasteiger partial charge in [0.15, 0.2) is 0 Å². The number of imide groups is 1. The second-order valence-corrected chi connectivity index (χ2v) is 12.4. The maximum absolute atomic E-state index is 11.9. The molecule has 2 unspecified atom stereocenters. The van der Waals surface area contributed by atoms with Crippen molar-refractivity contribution >= 4 is 58.6 Å². The van der Waals surface area contributed by atoms with Crippen LogP contribution in [0.1, 0.15) is 49.3 Å². The van der Waals surface area contributed by atoms with Gasteiger partial charge in [0, 0.05) is 11.9 Å². The summed E-state index contributed by atoms with van der Waals surface area (Å²) < 4.78 is -0.693. The predicted octanol–water partition coefficient (Wildman–Crippen LogP) is 7.45. The molecule has 4 aliphatic rings. The van der Waals surface area contributed by atoms with E-state index in [1.54, 1.807) is 0 Å². The zero-order chi connectivity index (χ0) is 22.9. The fraction of sp³-hybridized carbons (Fsp3) is 0.417. The maximum Gasteiger partial charge on any atom is 0.256 e. The summed E-state index contributed by atoms with van der Waals surface area (Å²) in [5, 5.41) is 0. The first-order valence-electron chi connectivity index (χ1n) is 10.3. The van der Waals surface area contributed by atoms with Gasteiger partial charge in [0.05, 0.1) is 11.8 Å². The molecule has 1 fully saturated rings. The lowest BCUT2D eigenvalue weighted by Gasteiger charge is -2.17. The molecule has 2 atom stereocenters. The normalized spacial score (nSPS) is 20.8. The van der Waals surface area contributed by atoms with Crippen LogP contribution in [0.5, 0.6) is 0 Å². The van der Waals surface area contributed by atoms with E-state index >= 15 is 0 Å². The number of allylic oxidation sites excluding steroid dienone is 2. The third-order valence-electron chi connectivity index (χ3n) is 5.81. The van der Waals surface area contributed by atoms with Crippen molar-refractivity contribution in [3.05, 3.63) is 59.2 Å². The zero-order valence-corrected chi connectivity index (χ0v) is 21.1. The number of rotatable bonds is 2. The highest BCUT2D eigenvalue weighted by Gasteiger charge is 2.49. The highest BCUT2D eigenvalue weighted by molar-refractivity contribution is 8.03. The Morgan fingerprint density at radius 1 is 0.903 bits per heavy atom. The van der Waals surface area contributed by atoms with Crippen LogP contribution in [0.15, 0.2) is 42.5 Å². The number of halogens is 3. The van der Waals surface area contributed by atoms with Crippen molar-refractivity contribution in [2.45, 2.75) is 49.6 Å². The van der Waals surface area contributed by atoms with E-state index in [9.17, 15) is 9.59 Å². The molecular weight excluding hydrogens is 473 g/mol. The molecule has 0 bridgehead atoms. The van der Waals surface area contributed by atoms with E-state index in [1.165, 1.54) is 27.8 Å². The van der Waals surface area contributed by atoms with E-state index < -0.39 is 3.12 Å². The quantitative estimate of drug-likeness (QED) is 0.187.